The van der Waals surface area contributed by atoms with Crippen LogP contribution in [0.4, 0.5) is 5.69 Å². The molecule has 0 aliphatic carbocycles. The molecular weight excluding hydrogens is 433 g/mol. The molecule has 0 unspecified atom stereocenters. The molecule has 0 spiro atoms. The van der Waals surface area contributed by atoms with Gasteiger partial charge < -0.3 is 9.73 Å². The maximum Gasteiger partial charge on any atom is 0.248 e. The highest BCUT2D eigenvalue weighted by Crippen LogP contribution is 2.32. The molecule has 0 saturated heterocycles. The number of furan rings is 1. The van der Waals surface area contributed by atoms with Gasteiger partial charge in [0, 0.05) is 27.1 Å². The van der Waals surface area contributed by atoms with Gasteiger partial charge in [0.25, 0.3) is 0 Å². The second-order valence-electron chi connectivity index (χ2n) is 6.99. The molecule has 0 atom stereocenters. The van der Waals surface area contributed by atoms with E-state index in [0.717, 1.165) is 5.56 Å². The van der Waals surface area contributed by atoms with Crippen molar-refractivity contribution in [2.75, 3.05) is 5.32 Å². The fourth-order valence-electron chi connectivity index (χ4n) is 3.13. The second kappa shape index (κ2) is 8.80. The number of carbonyl (C=O) groups excluding carboxylic acids is 2. The van der Waals surface area contributed by atoms with Crippen LogP contribution in [-0.4, -0.2) is 11.7 Å². The highest BCUT2D eigenvalue weighted by Gasteiger charge is 2.22. The van der Waals surface area contributed by atoms with Gasteiger partial charge in [0.2, 0.25) is 11.7 Å². The number of fused-ring (bicyclic) bond motifs is 1. The van der Waals surface area contributed by atoms with Crippen LogP contribution in [0.15, 0.2) is 77.2 Å². The average Bonchev–Trinajstić information content (AvgIpc) is 3.11. The zero-order chi connectivity index (χ0) is 22.0. The molecule has 154 valence electrons. The third-order valence-corrected chi connectivity index (χ3v) is 5.30. The minimum atomic E-state index is -0.421. The number of ketones is 1. The molecule has 4 aromatic rings. The lowest BCUT2D eigenvalue weighted by Gasteiger charge is -2.05. The van der Waals surface area contributed by atoms with Gasteiger partial charge in [0.1, 0.15) is 5.58 Å². The smallest absolute Gasteiger partial charge is 0.248 e. The summed E-state index contributed by atoms with van der Waals surface area (Å²) in [6.07, 6.45) is 2.93. The number of rotatable bonds is 5. The Morgan fingerprint density at radius 3 is 2.45 bits per heavy atom. The molecule has 31 heavy (non-hydrogen) atoms. The number of para-hydroxylation sites is 1. The predicted molar refractivity (Wildman–Crippen MR) is 125 cm³/mol. The number of hydrogen-bond acceptors (Lipinski definition) is 3. The number of amides is 1. The highest BCUT2D eigenvalue weighted by atomic mass is 35.5. The molecule has 1 heterocycles. The third-order valence-electron chi connectivity index (χ3n) is 4.74. The molecule has 1 aromatic heterocycles. The first-order valence-corrected chi connectivity index (χ1v) is 10.2. The summed E-state index contributed by atoms with van der Waals surface area (Å²) < 4.78 is 5.82. The molecule has 1 N–H and O–H groups in total. The van der Waals surface area contributed by atoms with Gasteiger partial charge in [-0.25, -0.2) is 0 Å². The van der Waals surface area contributed by atoms with Crippen LogP contribution in [0, 0.1) is 6.92 Å². The van der Waals surface area contributed by atoms with Crippen LogP contribution in [0.2, 0.25) is 10.0 Å². The van der Waals surface area contributed by atoms with Crippen molar-refractivity contribution in [1.82, 2.24) is 0 Å². The van der Waals surface area contributed by atoms with E-state index in [4.69, 9.17) is 27.6 Å². The van der Waals surface area contributed by atoms with Crippen molar-refractivity contribution < 1.29 is 14.0 Å². The Hall–Kier alpha value is -3.34. The van der Waals surface area contributed by atoms with Gasteiger partial charge in [-0.1, -0.05) is 71.2 Å². The summed E-state index contributed by atoms with van der Waals surface area (Å²) in [6, 6.07) is 19.3. The molecular formula is C25H17Cl2NO3. The summed E-state index contributed by atoms with van der Waals surface area (Å²) in [5, 5.41) is 4.37. The Bertz CT molecular complexity index is 1320. The molecule has 0 radical (unpaired) electrons. The zero-order valence-corrected chi connectivity index (χ0v) is 18.0. The van der Waals surface area contributed by atoms with Gasteiger partial charge in [0.15, 0.2) is 5.76 Å². The van der Waals surface area contributed by atoms with Crippen LogP contribution in [0.5, 0.6) is 0 Å². The Balaban J connectivity index is 1.67. The second-order valence-corrected chi connectivity index (χ2v) is 7.83. The van der Waals surface area contributed by atoms with Gasteiger partial charge >= 0.3 is 0 Å². The largest absolute Gasteiger partial charge is 0.450 e. The molecule has 4 rings (SSSR count). The molecule has 0 fully saturated rings. The number of anilines is 1. The fourth-order valence-corrected chi connectivity index (χ4v) is 3.60. The number of aryl methyl sites for hydroxylation is 1. The van der Waals surface area contributed by atoms with Crippen LogP contribution < -0.4 is 5.32 Å². The molecule has 4 nitrogen and oxygen atoms in total. The van der Waals surface area contributed by atoms with Crippen molar-refractivity contribution in [2.45, 2.75) is 6.92 Å². The first-order valence-electron chi connectivity index (χ1n) is 9.49. The monoisotopic (exact) mass is 449 g/mol. The van der Waals surface area contributed by atoms with E-state index in [-0.39, 0.29) is 11.5 Å². The lowest BCUT2D eigenvalue weighted by molar-refractivity contribution is -0.111. The predicted octanol–water partition coefficient (Wildman–Crippen LogP) is 6.93. The molecule has 0 aliphatic heterocycles. The van der Waals surface area contributed by atoms with Crippen LogP contribution in [-0.2, 0) is 4.79 Å². The standard InChI is InChI=1S/C25H17Cl2NO3/c1-15-6-8-17(9-7-15)24(30)25-23(19-4-2-3-5-21(19)31-25)28-22(29)13-11-16-10-12-18(26)14-20(16)27/h2-14H,1H3,(H,28,29)/b13-11+. The van der Waals surface area contributed by atoms with Gasteiger partial charge in [-0.05, 0) is 42.8 Å². The molecule has 0 saturated carbocycles. The topological polar surface area (TPSA) is 59.3 Å². The van der Waals surface area contributed by atoms with E-state index in [1.54, 1.807) is 54.6 Å². The van der Waals surface area contributed by atoms with Crippen LogP contribution in [0.1, 0.15) is 27.2 Å². The Morgan fingerprint density at radius 2 is 1.71 bits per heavy atom. The van der Waals surface area contributed by atoms with E-state index < -0.39 is 5.91 Å². The number of nitrogens with one attached hydrogen (secondary N) is 1. The summed E-state index contributed by atoms with van der Waals surface area (Å²) in [7, 11) is 0. The van der Waals surface area contributed by atoms with Gasteiger partial charge in [-0.3, -0.25) is 9.59 Å². The maximum atomic E-state index is 13.1. The SMILES string of the molecule is Cc1ccc(C(=O)c2oc3ccccc3c2NC(=O)/C=C/c2ccc(Cl)cc2Cl)cc1. The molecule has 0 bridgehead atoms. The van der Waals surface area contributed by atoms with E-state index >= 15 is 0 Å². The lowest BCUT2D eigenvalue weighted by Crippen LogP contribution is -2.11. The van der Waals surface area contributed by atoms with E-state index in [2.05, 4.69) is 5.32 Å². The summed E-state index contributed by atoms with van der Waals surface area (Å²) in [5.74, 6) is -0.650. The quantitative estimate of drug-likeness (QED) is 0.265. The highest BCUT2D eigenvalue weighted by molar-refractivity contribution is 6.35. The van der Waals surface area contributed by atoms with Crippen molar-refractivity contribution in [1.29, 1.82) is 0 Å². The van der Waals surface area contributed by atoms with Crippen molar-refractivity contribution >= 4 is 57.6 Å². The van der Waals surface area contributed by atoms with E-state index in [9.17, 15) is 9.59 Å². The molecule has 6 heteroatoms. The number of hydrogen-bond donors (Lipinski definition) is 1. The summed E-state index contributed by atoms with van der Waals surface area (Å²) in [5.41, 5.74) is 3.01. The first-order chi connectivity index (χ1) is 14.9. The minimum absolute atomic E-state index is 0.0799. The van der Waals surface area contributed by atoms with Gasteiger partial charge in [-0.15, -0.1) is 0 Å². The average molecular weight is 450 g/mol. The van der Waals surface area contributed by atoms with Gasteiger partial charge in [-0.2, -0.15) is 0 Å². The third kappa shape index (κ3) is 4.55. The van der Waals surface area contributed by atoms with E-state index in [1.807, 2.05) is 25.1 Å². The Kier molecular flexibility index (Phi) is 5.94. The number of halogens is 2. The Morgan fingerprint density at radius 1 is 0.968 bits per heavy atom. The van der Waals surface area contributed by atoms with Crippen LogP contribution in [0.25, 0.3) is 17.0 Å². The normalized spacial score (nSPS) is 11.2. The molecule has 0 aliphatic rings. The summed E-state index contributed by atoms with van der Waals surface area (Å²) >= 11 is 12.1. The van der Waals surface area contributed by atoms with Gasteiger partial charge in [0.05, 0.1) is 5.69 Å². The maximum absolute atomic E-state index is 13.1. The van der Waals surface area contributed by atoms with E-state index in [1.165, 1.54) is 6.08 Å². The van der Waals surface area contributed by atoms with Crippen molar-refractivity contribution in [3.05, 3.63) is 105 Å². The summed E-state index contributed by atoms with van der Waals surface area (Å²) in [6.45, 7) is 1.94. The lowest BCUT2D eigenvalue weighted by atomic mass is 10.1. The molecule has 1 amide bonds. The van der Waals surface area contributed by atoms with Crippen molar-refractivity contribution in [3.63, 3.8) is 0 Å². The Labute approximate surface area is 189 Å². The van der Waals surface area contributed by atoms with Crippen molar-refractivity contribution in [3.8, 4) is 0 Å². The van der Waals surface area contributed by atoms with E-state index in [0.29, 0.717) is 37.8 Å². The first kappa shape index (κ1) is 20.9. The zero-order valence-electron chi connectivity index (χ0n) is 16.5. The molecule has 3 aromatic carbocycles. The van der Waals surface area contributed by atoms with Crippen LogP contribution in [0.3, 0.4) is 0 Å². The summed E-state index contributed by atoms with van der Waals surface area (Å²) in [4.78, 5) is 25.7. The van der Waals surface area contributed by atoms with Crippen molar-refractivity contribution in [2.24, 2.45) is 0 Å². The number of carbonyl (C=O) groups is 2. The number of benzene rings is 3. The minimum Gasteiger partial charge on any atom is -0.450 e. The van der Waals surface area contributed by atoms with Crippen LogP contribution >= 0.6 is 23.2 Å². The fraction of sp³-hybridized carbons (Fsp3) is 0.0400.